The molecule has 0 bridgehead atoms. The lowest BCUT2D eigenvalue weighted by molar-refractivity contribution is 0.0222. The first-order valence-corrected chi connectivity index (χ1v) is 14.1. The number of rotatable bonds is 8. The lowest BCUT2D eigenvalue weighted by Crippen LogP contribution is -2.43. The highest BCUT2D eigenvalue weighted by molar-refractivity contribution is 6.03. The van der Waals surface area contributed by atoms with E-state index >= 15 is 0 Å². The smallest absolute Gasteiger partial charge is 0.410 e. The summed E-state index contributed by atoms with van der Waals surface area (Å²) >= 11 is 0. The van der Waals surface area contributed by atoms with Crippen LogP contribution in [0.1, 0.15) is 83.9 Å². The minimum absolute atomic E-state index is 0.137. The lowest BCUT2D eigenvalue weighted by Gasteiger charge is -2.28. The maximum absolute atomic E-state index is 14.1. The molecular weight excluding hydrogens is 536 g/mol. The molecule has 1 fully saturated rings. The summed E-state index contributed by atoms with van der Waals surface area (Å²) < 4.78 is 22.8. The van der Waals surface area contributed by atoms with Crippen LogP contribution in [0.15, 0.2) is 60.7 Å². The third kappa shape index (κ3) is 6.35. The van der Waals surface area contributed by atoms with Gasteiger partial charge in [-0.05, 0) is 92.8 Å². The Morgan fingerprint density at radius 3 is 2.57 bits per heavy atom. The Labute approximate surface area is 245 Å². The van der Waals surface area contributed by atoms with Gasteiger partial charge in [-0.25, -0.2) is 4.79 Å². The SMILES string of the molecule is CC(c1ccc2c(c1)OCO2)c1cc(OCc2cccc(C(N)=O)c2)ccc1C(=O)C1CCCN1C(=O)OC(C)(C)C. The molecule has 0 saturated carbocycles. The summed E-state index contributed by atoms with van der Waals surface area (Å²) in [7, 11) is 0. The molecule has 9 heteroatoms. The van der Waals surface area contributed by atoms with Gasteiger partial charge in [-0.2, -0.15) is 0 Å². The number of carbonyl (C=O) groups excluding carboxylic acids is 3. The minimum Gasteiger partial charge on any atom is -0.489 e. The van der Waals surface area contributed by atoms with Crippen molar-refractivity contribution in [2.24, 2.45) is 5.73 Å². The first-order valence-electron chi connectivity index (χ1n) is 14.1. The van der Waals surface area contributed by atoms with Crippen molar-refractivity contribution in [1.29, 1.82) is 0 Å². The molecule has 9 nitrogen and oxygen atoms in total. The van der Waals surface area contributed by atoms with Gasteiger partial charge in [0.15, 0.2) is 17.3 Å². The summed E-state index contributed by atoms with van der Waals surface area (Å²) in [5.41, 5.74) is 8.17. The molecule has 3 aromatic rings. The van der Waals surface area contributed by atoms with Gasteiger partial charge in [0.05, 0.1) is 6.04 Å². The molecule has 0 aliphatic carbocycles. The van der Waals surface area contributed by atoms with Crippen LogP contribution in [0.4, 0.5) is 4.79 Å². The number of hydrogen-bond donors (Lipinski definition) is 1. The molecule has 220 valence electrons. The standard InChI is InChI=1S/C33H36N2O7/c1-20(22-10-13-28-29(16-22)41-19-40-28)26-17-24(39-18-21-7-5-8-23(15-21)31(34)37)11-12-25(26)30(36)27-9-6-14-35(27)32(38)42-33(2,3)4/h5,7-8,10-13,15-17,20,27H,6,9,14,18-19H2,1-4H3,(H2,34,37). The topological polar surface area (TPSA) is 117 Å². The van der Waals surface area contributed by atoms with Gasteiger partial charge in [0.25, 0.3) is 0 Å². The Balaban J connectivity index is 1.46. The molecule has 2 aliphatic rings. The van der Waals surface area contributed by atoms with E-state index in [-0.39, 0.29) is 25.1 Å². The van der Waals surface area contributed by atoms with Gasteiger partial charge in [-0.3, -0.25) is 14.5 Å². The second-order valence-electron chi connectivity index (χ2n) is 11.6. The van der Waals surface area contributed by atoms with Crippen LogP contribution in [0.25, 0.3) is 0 Å². The number of amides is 2. The van der Waals surface area contributed by atoms with E-state index in [1.54, 1.807) is 35.2 Å². The third-order valence-electron chi connectivity index (χ3n) is 7.45. The zero-order valence-corrected chi connectivity index (χ0v) is 24.3. The second kappa shape index (κ2) is 11.8. The predicted molar refractivity (Wildman–Crippen MR) is 156 cm³/mol. The molecular formula is C33H36N2O7. The van der Waals surface area contributed by atoms with Crippen LogP contribution >= 0.6 is 0 Å². The fraction of sp³-hybridized carbons (Fsp3) is 0.364. The highest BCUT2D eigenvalue weighted by Gasteiger charge is 2.38. The van der Waals surface area contributed by atoms with Crippen molar-refractivity contribution in [3.8, 4) is 17.2 Å². The van der Waals surface area contributed by atoms with Crippen molar-refractivity contribution >= 4 is 17.8 Å². The molecule has 2 atom stereocenters. The number of ketones is 1. The van der Waals surface area contributed by atoms with Gasteiger partial charge >= 0.3 is 6.09 Å². The quantitative estimate of drug-likeness (QED) is 0.338. The molecule has 1 saturated heterocycles. The Kier molecular flexibility index (Phi) is 8.11. The van der Waals surface area contributed by atoms with E-state index in [0.29, 0.717) is 47.8 Å². The highest BCUT2D eigenvalue weighted by atomic mass is 16.7. The van der Waals surface area contributed by atoms with Gasteiger partial charge in [0, 0.05) is 23.6 Å². The van der Waals surface area contributed by atoms with Gasteiger partial charge in [0.1, 0.15) is 18.0 Å². The first-order chi connectivity index (χ1) is 20.0. The van der Waals surface area contributed by atoms with Crippen LogP contribution < -0.4 is 19.9 Å². The van der Waals surface area contributed by atoms with Crippen molar-refractivity contribution in [2.45, 2.75) is 64.7 Å². The number of carbonyl (C=O) groups is 3. The monoisotopic (exact) mass is 572 g/mol. The Hall–Kier alpha value is -4.53. The molecule has 0 spiro atoms. The maximum Gasteiger partial charge on any atom is 0.410 e. The molecule has 3 aromatic carbocycles. The van der Waals surface area contributed by atoms with E-state index in [2.05, 4.69) is 0 Å². The number of nitrogens with two attached hydrogens (primary N) is 1. The van der Waals surface area contributed by atoms with Gasteiger partial charge in [-0.15, -0.1) is 0 Å². The van der Waals surface area contributed by atoms with E-state index in [1.807, 2.05) is 58.0 Å². The summed E-state index contributed by atoms with van der Waals surface area (Å²) in [6.45, 7) is 8.29. The van der Waals surface area contributed by atoms with Crippen molar-refractivity contribution in [1.82, 2.24) is 4.90 Å². The zero-order chi connectivity index (χ0) is 30.0. The van der Waals surface area contributed by atoms with Crippen LogP contribution in [0, 0.1) is 0 Å². The third-order valence-corrected chi connectivity index (χ3v) is 7.45. The molecule has 2 heterocycles. The molecule has 0 aromatic heterocycles. The number of benzene rings is 3. The fourth-order valence-corrected chi connectivity index (χ4v) is 5.31. The number of Topliss-reactive ketones (excluding diaryl/α,β-unsaturated/α-hetero) is 1. The van der Waals surface area contributed by atoms with Crippen LogP contribution in [0.2, 0.25) is 0 Å². The summed E-state index contributed by atoms with van der Waals surface area (Å²) in [5.74, 6) is 1.04. The first kappa shape index (κ1) is 29.0. The molecule has 2 aliphatic heterocycles. The molecule has 2 unspecified atom stereocenters. The maximum atomic E-state index is 14.1. The number of likely N-dealkylation sites (tertiary alicyclic amines) is 1. The van der Waals surface area contributed by atoms with Crippen molar-refractivity contribution in [3.63, 3.8) is 0 Å². The Morgan fingerprint density at radius 2 is 1.81 bits per heavy atom. The average Bonchev–Trinajstić information content (AvgIpc) is 3.64. The molecule has 0 radical (unpaired) electrons. The van der Waals surface area contributed by atoms with Gasteiger partial charge in [0.2, 0.25) is 12.7 Å². The molecule has 5 rings (SSSR count). The van der Waals surface area contributed by atoms with E-state index in [1.165, 1.54) is 0 Å². The van der Waals surface area contributed by atoms with E-state index in [9.17, 15) is 14.4 Å². The van der Waals surface area contributed by atoms with Crippen LogP contribution in [0.3, 0.4) is 0 Å². The largest absolute Gasteiger partial charge is 0.489 e. The van der Waals surface area contributed by atoms with Gasteiger partial charge in [-0.1, -0.05) is 25.1 Å². The number of hydrogen-bond acceptors (Lipinski definition) is 7. The van der Waals surface area contributed by atoms with Crippen molar-refractivity contribution < 1.29 is 33.3 Å². The minimum atomic E-state index is -0.664. The van der Waals surface area contributed by atoms with E-state index < -0.39 is 23.6 Å². The summed E-state index contributed by atoms with van der Waals surface area (Å²) in [5, 5.41) is 0. The van der Waals surface area contributed by atoms with Crippen LogP contribution in [-0.4, -0.2) is 47.7 Å². The second-order valence-corrected chi connectivity index (χ2v) is 11.6. The summed E-state index contributed by atoms with van der Waals surface area (Å²) in [4.78, 5) is 40.2. The molecule has 42 heavy (non-hydrogen) atoms. The van der Waals surface area contributed by atoms with Crippen molar-refractivity contribution in [2.75, 3.05) is 13.3 Å². The number of ether oxygens (including phenoxy) is 4. The summed E-state index contributed by atoms with van der Waals surface area (Å²) in [6, 6.07) is 17.5. The molecule has 2 amide bonds. The Bertz CT molecular complexity index is 1510. The van der Waals surface area contributed by atoms with Crippen molar-refractivity contribution in [3.05, 3.63) is 88.5 Å². The number of nitrogens with zero attached hydrogens (tertiary/aromatic N) is 1. The highest BCUT2D eigenvalue weighted by Crippen LogP contribution is 2.38. The predicted octanol–water partition coefficient (Wildman–Crippen LogP) is 5.83. The summed E-state index contributed by atoms with van der Waals surface area (Å²) in [6.07, 6.45) is 0.792. The number of fused-ring (bicyclic) bond motifs is 1. The average molecular weight is 573 g/mol. The van der Waals surface area contributed by atoms with E-state index in [4.69, 9.17) is 24.7 Å². The number of primary amides is 1. The van der Waals surface area contributed by atoms with Crippen LogP contribution in [0.5, 0.6) is 17.2 Å². The normalized spacial score (nSPS) is 16.7. The van der Waals surface area contributed by atoms with Crippen LogP contribution in [-0.2, 0) is 11.3 Å². The fourth-order valence-electron chi connectivity index (χ4n) is 5.31. The van der Waals surface area contributed by atoms with E-state index in [0.717, 1.165) is 16.7 Å². The van der Waals surface area contributed by atoms with Gasteiger partial charge < -0.3 is 24.7 Å². The molecule has 2 N–H and O–H groups in total. The Morgan fingerprint density at radius 1 is 1.02 bits per heavy atom. The zero-order valence-electron chi connectivity index (χ0n) is 24.3. The lowest BCUT2D eigenvalue weighted by atomic mass is 9.86.